The molecule has 0 aliphatic carbocycles. The van der Waals surface area contributed by atoms with Crippen molar-refractivity contribution in [3.63, 3.8) is 0 Å². The van der Waals surface area contributed by atoms with E-state index in [1.807, 2.05) is 19.1 Å². The Morgan fingerprint density at radius 3 is 3.18 bits per heavy atom. The predicted octanol–water partition coefficient (Wildman–Crippen LogP) is 1.31. The van der Waals surface area contributed by atoms with Gasteiger partial charge in [-0.3, -0.25) is 4.79 Å². The van der Waals surface area contributed by atoms with Gasteiger partial charge in [-0.15, -0.1) is 0 Å². The van der Waals surface area contributed by atoms with E-state index < -0.39 is 0 Å². The molecule has 92 valence electrons. The molecule has 1 heterocycles. The third kappa shape index (κ3) is 3.28. The summed E-state index contributed by atoms with van der Waals surface area (Å²) in [5, 5.41) is 6.15. The van der Waals surface area contributed by atoms with Gasteiger partial charge < -0.3 is 15.4 Å². The van der Waals surface area contributed by atoms with Crippen LogP contribution in [0.25, 0.3) is 0 Å². The lowest BCUT2D eigenvalue weighted by atomic mass is 10.0. The fourth-order valence-corrected chi connectivity index (χ4v) is 1.95. The number of anilines is 1. The smallest absolute Gasteiger partial charge is 0.250 e. The van der Waals surface area contributed by atoms with Gasteiger partial charge in [0.25, 0.3) is 0 Å². The summed E-state index contributed by atoms with van der Waals surface area (Å²) in [5.41, 5.74) is 3.48. The summed E-state index contributed by atoms with van der Waals surface area (Å²) in [6.07, 6.45) is 1.06. The molecule has 1 aliphatic heterocycles. The Morgan fingerprint density at radius 2 is 2.35 bits per heavy atom. The normalized spacial score (nSPS) is 14.2. The number of amides is 1. The van der Waals surface area contributed by atoms with Gasteiger partial charge in [-0.1, -0.05) is 6.07 Å². The predicted molar refractivity (Wildman–Crippen MR) is 67.0 cm³/mol. The zero-order chi connectivity index (χ0) is 12.1. The van der Waals surface area contributed by atoms with E-state index in [-0.39, 0.29) is 12.5 Å². The van der Waals surface area contributed by atoms with Crippen LogP contribution in [0.3, 0.4) is 0 Å². The molecule has 0 atom stereocenters. The van der Waals surface area contributed by atoms with E-state index in [0.717, 1.165) is 25.2 Å². The topological polar surface area (TPSA) is 50.4 Å². The second-order valence-electron chi connectivity index (χ2n) is 4.10. The number of nitrogens with one attached hydrogen (secondary N) is 2. The molecule has 1 amide bonds. The minimum atomic E-state index is -0.101. The van der Waals surface area contributed by atoms with Gasteiger partial charge in [0.2, 0.25) is 5.91 Å². The molecule has 0 radical (unpaired) electrons. The highest BCUT2D eigenvalue weighted by atomic mass is 16.5. The zero-order valence-electron chi connectivity index (χ0n) is 10.1. The van der Waals surface area contributed by atoms with Crippen molar-refractivity contribution >= 4 is 11.6 Å². The number of hydrogen-bond acceptors (Lipinski definition) is 3. The Kier molecular flexibility index (Phi) is 4.12. The molecule has 2 rings (SSSR count). The highest BCUT2D eigenvalue weighted by molar-refractivity contribution is 5.91. The minimum absolute atomic E-state index is 0.101. The maximum absolute atomic E-state index is 11.5. The Bertz CT molecular complexity index is 404. The fourth-order valence-electron chi connectivity index (χ4n) is 1.95. The molecular weight excluding hydrogens is 216 g/mol. The Balaban J connectivity index is 1.99. The van der Waals surface area contributed by atoms with Crippen LogP contribution in [0.4, 0.5) is 5.69 Å². The molecule has 2 N–H and O–H groups in total. The average molecular weight is 234 g/mol. The van der Waals surface area contributed by atoms with Gasteiger partial charge in [0.05, 0.1) is 0 Å². The van der Waals surface area contributed by atoms with Crippen molar-refractivity contribution in [1.29, 1.82) is 0 Å². The van der Waals surface area contributed by atoms with Crippen LogP contribution in [-0.4, -0.2) is 25.7 Å². The summed E-state index contributed by atoms with van der Waals surface area (Å²) in [6, 6.07) is 6.08. The van der Waals surface area contributed by atoms with E-state index in [2.05, 4.69) is 16.7 Å². The maximum Gasteiger partial charge on any atom is 0.250 e. The van der Waals surface area contributed by atoms with Crippen molar-refractivity contribution in [3.8, 4) is 0 Å². The lowest BCUT2D eigenvalue weighted by Gasteiger charge is -2.18. The number of fused-ring (bicyclic) bond motifs is 1. The third-order valence-corrected chi connectivity index (χ3v) is 2.81. The molecule has 1 aliphatic rings. The number of ether oxygens (including phenoxy) is 1. The first-order valence-electron chi connectivity index (χ1n) is 5.99. The van der Waals surface area contributed by atoms with E-state index >= 15 is 0 Å². The largest absolute Gasteiger partial charge is 0.372 e. The van der Waals surface area contributed by atoms with Crippen molar-refractivity contribution < 1.29 is 9.53 Å². The van der Waals surface area contributed by atoms with E-state index in [4.69, 9.17) is 4.74 Å². The van der Waals surface area contributed by atoms with Gasteiger partial charge in [0, 0.05) is 18.8 Å². The van der Waals surface area contributed by atoms with Crippen molar-refractivity contribution in [2.75, 3.05) is 25.1 Å². The molecule has 1 aromatic rings. The standard InChI is InChI=1S/C13H18N2O2/c1-2-17-9-13(16)15-12-4-3-10-5-6-14-8-11(10)7-12/h3-4,7,14H,2,5-6,8-9H2,1H3,(H,15,16). The first-order chi connectivity index (χ1) is 8.29. The highest BCUT2D eigenvalue weighted by Crippen LogP contribution is 2.18. The van der Waals surface area contributed by atoms with Crippen LogP contribution in [0.2, 0.25) is 0 Å². The van der Waals surface area contributed by atoms with Gasteiger partial charge >= 0.3 is 0 Å². The van der Waals surface area contributed by atoms with Crippen molar-refractivity contribution in [2.24, 2.45) is 0 Å². The number of hydrogen-bond donors (Lipinski definition) is 2. The lowest BCUT2D eigenvalue weighted by Crippen LogP contribution is -2.24. The molecule has 0 bridgehead atoms. The van der Waals surface area contributed by atoms with Crippen molar-refractivity contribution in [2.45, 2.75) is 19.9 Å². The van der Waals surface area contributed by atoms with Gasteiger partial charge in [-0.2, -0.15) is 0 Å². The van der Waals surface area contributed by atoms with Crippen LogP contribution in [0.5, 0.6) is 0 Å². The third-order valence-electron chi connectivity index (χ3n) is 2.81. The minimum Gasteiger partial charge on any atom is -0.372 e. The molecule has 0 saturated carbocycles. The highest BCUT2D eigenvalue weighted by Gasteiger charge is 2.09. The lowest BCUT2D eigenvalue weighted by molar-refractivity contribution is -0.120. The molecule has 4 nitrogen and oxygen atoms in total. The Labute approximate surface area is 101 Å². The number of rotatable bonds is 4. The summed E-state index contributed by atoms with van der Waals surface area (Å²) >= 11 is 0. The SMILES string of the molecule is CCOCC(=O)Nc1ccc2c(c1)CNCC2. The maximum atomic E-state index is 11.5. The van der Waals surface area contributed by atoms with Crippen LogP contribution in [0, 0.1) is 0 Å². The molecule has 0 fully saturated rings. The molecule has 1 aromatic carbocycles. The molecule has 17 heavy (non-hydrogen) atoms. The fraction of sp³-hybridized carbons (Fsp3) is 0.462. The first kappa shape index (κ1) is 12.1. The molecule has 0 aromatic heterocycles. The summed E-state index contributed by atoms with van der Waals surface area (Å²) in [4.78, 5) is 11.5. The summed E-state index contributed by atoms with van der Waals surface area (Å²) in [6.45, 7) is 4.46. The zero-order valence-corrected chi connectivity index (χ0v) is 10.1. The van der Waals surface area contributed by atoms with Crippen LogP contribution < -0.4 is 10.6 Å². The van der Waals surface area contributed by atoms with Gasteiger partial charge in [0.15, 0.2) is 0 Å². The van der Waals surface area contributed by atoms with Crippen molar-refractivity contribution in [3.05, 3.63) is 29.3 Å². The molecule has 4 heteroatoms. The Hall–Kier alpha value is -1.39. The van der Waals surface area contributed by atoms with Crippen LogP contribution >= 0.6 is 0 Å². The average Bonchev–Trinajstić information content (AvgIpc) is 2.36. The second-order valence-corrected chi connectivity index (χ2v) is 4.10. The number of carbonyl (C=O) groups is 1. The van der Waals surface area contributed by atoms with E-state index in [1.165, 1.54) is 11.1 Å². The monoisotopic (exact) mass is 234 g/mol. The second kappa shape index (κ2) is 5.80. The summed E-state index contributed by atoms with van der Waals surface area (Å²) in [7, 11) is 0. The quantitative estimate of drug-likeness (QED) is 0.825. The van der Waals surface area contributed by atoms with Crippen LogP contribution in [-0.2, 0) is 22.5 Å². The van der Waals surface area contributed by atoms with E-state index in [0.29, 0.717) is 6.61 Å². The first-order valence-corrected chi connectivity index (χ1v) is 5.99. The number of benzene rings is 1. The van der Waals surface area contributed by atoms with E-state index in [1.54, 1.807) is 0 Å². The van der Waals surface area contributed by atoms with Gasteiger partial charge in [0.1, 0.15) is 6.61 Å². The summed E-state index contributed by atoms with van der Waals surface area (Å²) < 4.78 is 5.06. The molecule has 0 unspecified atom stereocenters. The molecular formula is C13H18N2O2. The Morgan fingerprint density at radius 1 is 1.47 bits per heavy atom. The van der Waals surface area contributed by atoms with Gasteiger partial charge in [-0.25, -0.2) is 0 Å². The molecule has 0 spiro atoms. The van der Waals surface area contributed by atoms with Crippen molar-refractivity contribution in [1.82, 2.24) is 5.32 Å². The van der Waals surface area contributed by atoms with Crippen LogP contribution in [0.1, 0.15) is 18.1 Å². The molecule has 0 saturated heterocycles. The number of carbonyl (C=O) groups excluding carboxylic acids is 1. The van der Waals surface area contributed by atoms with Crippen LogP contribution in [0.15, 0.2) is 18.2 Å². The van der Waals surface area contributed by atoms with Gasteiger partial charge in [-0.05, 0) is 43.1 Å². The van der Waals surface area contributed by atoms with E-state index in [9.17, 15) is 4.79 Å². The summed E-state index contributed by atoms with van der Waals surface area (Å²) in [5.74, 6) is -0.101.